The van der Waals surface area contributed by atoms with Crippen LogP contribution in [0.25, 0.3) is 0 Å². The predicted molar refractivity (Wildman–Crippen MR) is 62.0 cm³/mol. The van der Waals surface area contributed by atoms with Crippen molar-refractivity contribution in [1.82, 2.24) is 9.55 Å². The molecule has 3 N–H and O–H groups in total. The Bertz CT molecular complexity index is 630. The van der Waals surface area contributed by atoms with Gasteiger partial charge in [0.2, 0.25) is 0 Å². The van der Waals surface area contributed by atoms with Crippen LogP contribution in [0.5, 0.6) is 0 Å². The van der Waals surface area contributed by atoms with Crippen molar-refractivity contribution in [3.05, 3.63) is 33.1 Å². The van der Waals surface area contributed by atoms with Crippen LogP contribution >= 0.6 is 0 Å². The van der Waals surface area contributed by atoms with Crippen molar-refractivity contribution in [2.24, 2.45) is 5.41 Å². The van der Waals surface area contributed by atoms with Gasteiger partial charge in [0.1, 0.15) is 17.6 Å². The lowest BCUT2D eigenvalue weighted by Crippen LogP contribution is -2.40. The summed E-state index contributed by atoms with van der Waals surface area (Å²) >= 11 is 0. The Hall–Kier alpha value is -1.95. The number of aromatic amines is 1. The summed E-state index contributed by atoms with van der Waals surface area (Å²) in [7, 11) is 0. The van der Waals surface area contributed by atoms with Crippen LogP contribution in [0.2, 0.25) is 0 Å². The average Bonchev–Trinajstić information content (AvgIpc) is 2.63. The monoisotopic (exact) mass is 267 g/mol. The van der Waals surface area contributed by atoms with Crippen LogP contribution < -0.4 is 11.2 Å². The normalized spacial score (nSPS) is 34.1. The fourth-order valence-electron chi connectivity index (χ4n) is 2.14. The Labute approximate surface area is 107 Å². The van der Waals surface area contributed by atoms with Crippen LogP contribution in [0.4, 0.5) is 0 Å². The number of nitriles is 1. The van der Waals surface area contributed by atoms with E-state index < -0.39 is 41.7 Å². The van der Waals surface area contributed by atoms with Gasteiger partial charge in [-0.05, 0) is 6.92 Å². The van der Waals surface area contributed by atoms with Gasteiger partial charge in [-0.1, -0.05) is 0 Å². The molecule has 102 valence electrons. The molecule has 0 saturated carbocycles. The summed E-state index contributed by atoms with van der Waals surface area (Å²) in [6, 6.07) is 3.02. The second-order valence-electron chi connectivity index (χ2n) is 4.57. The zero-order valence-electron chi connectivity index (χ0n) is 10.1. The zero-order chi connectivity index (χ0) is 14.2. The van der Waals surface area contributed by atoms with Crippen LogP contribution in [-0.4, -0.2) is 38.6 Å². The largest absolute Gasteiger partial charge is 0.394 e. The molecular weight excluding hydrogens is 254 g/mol. The molecule has 1 aromatic rings. The fraction of sp³-hybridized carbons (Fsp3) is 0.545. The van der Waals surface area contributed by atoms with Gasteiger partial charge in [-0.25, -0.2) is 4.79 Å². The van der Waals surface area contributed by atoms with Crippen molar-refractivity contribution in [2.45, 2.75) is 25.4 Å². The van der Waals surface area contributed by atoms with Gasteiger partial charge in [-0.3, -0.25) is 14.3 Å². The molecule has 1 aromatic heterocycles. The summed E-state index contributed by atoms with van der Waals surface area (Å²) < 4.78 is 6.37. The summed E-state index contributed by atoms with van der Waals surface area (Å²) in [6.07, 6.45) is -2.11. The Morgan fingerprint density at radius 3 is 2.84 bits per heavy atom. The van der Waals surface area contributed by atoms with E-state index in [0.29, 0.717) is 0 Å². The van der Waals surface area contributed by atoms with Crippen molar-refractivity contribution in [3.63, 3.8) is 0 Å². The van der Waals surface area contributed by atoms with Crippen molar-refractivity contribution in [1.29, 1.82) is 5.26 Å². The fourth-order valence-corrected chi connectivity index (χ4v) is 2.14. The van der Waals surface area contributed by atoms with E-state index in [4.69, 9.17) is 9.84 Å². The maximum absolute atomic E-state index is 11.7. The van der Waals surface area contributed by atoms with Crippen molar-refractivity contribution in [2.75, 3.05) is 6.61 Å². The molecule has 4 unspecified atom stereocenters. The van der Waals surface area contributed by atoms with Crippen LogP contribution in [-0.2, 0) is 4.74 Å². The molecule has 19 heavy (non-hydrogen) atoms. The molecule has 2 heterocycles. The van der Waals surface area contributed by atoms with Gasteiger partial charge in [0.25, 0.3) is 5.56 Å². The highest BCUT2D eigenvalue weighted by atomic mass is 16.5. The quantitative estimate of drug-likeness (QED) is 0.587. The molecule has 8 nitrogen and oxygen atoms in total. The first-order chi connectivity index (χ1) is 8.93. The highest BCUT2D eigenvalue weighted by Gasteiger charge is 2.54. The van der Waals surface area contributed by atoms with Gasteiger partial charge in [-0.15, -0.1) is 0 Å². The maximum Gasteiger partial charge on any atom is 0.330 e. The number of hydrogen-bond donors (Lipinski definition) is 3. The van der Waals surface area contributed by atoms with Gasteiger partial charge >= 0.3 is 5.69 Å². The minimum absolute atomic E-state index is 0.479. The minimum Gasteiger partial charge on any atom is -0.394 e. The second kappa shape index (κ2) is 4.62. The number of H-pyrrole nitrogens is 1. The van der Waals surface area contributed by atoms with E-state index >= 15 is 0 Å². The highest BCUT2D eigenvalue weighted by molar-refractivity contribution is 5.11. The third kappa shape index (κ3) is 1.98. The van der Waals surface area contributed by atoms with E-state index in [1.54, 1.807) is 0 Å². The Morgan fingerprint density at radius 2 is 2.32 bits per heavy atom. The van der Waals surface area contributed by atoms with E-state index in [2.05, 4.69) is 0 Å². The van der Waals surface area contributed by atoms with Crippen LogP contribution in [0, 0.1) is 16.7 Å². The van der Waals surface area contributed by atoms with Crippen molar-refractivity contribution in [3.8, 4) is 6.07 Å². The molecule has 0 bridgehead atoms. The highest BCUT2D eigenvalue weighted by Crippen LogP contribution is 2.43. The first-order valence-electron chi connectivity index (χ1n) is 5.61. The second-order valence-corrected chi connectivity index (χ2v) is 4.57. The summed E-state index contributed by atoms with van der Waals surface area (Å²) in [5.74, 6) is 0. The number of ether oxygens (including phenoxy) is 1. The number of aliphatic hydroxyl groups is 2. The molecule has 0 aliphatic carbocycles. The predicted octanol–water partition coefficient (Wildman–Crippen LogP) is -1.68. The lowest BCUT2D eigenvalue weighted by atomic mass is 9.84. The minimum atomic E-state index is -1.41. The number of aliphatic hydroxyl groups excluding tert-OH is 2. The molecule has 1 fully saturated rings. The number of nitrogens with one attached hydrogen (secondary N) is 1. The van der Waals surface area contributed by atoms with Crippen LogP contribution in [0.3, 0.4) is 0 Å². The molecule has 1 aliphatic heterocycles. The van der Waals surface area contributed by atoms with E-state index in [1.807, 2.05) is 11.1 Å². The standard InChI is InChI=1S/C11H13N3O5/c1-11(5-12)8(17)6(4-15)19-9(11)14-3-2-7(16)13-10(14)18/h2-3,6,8-9,15,17H,4H2,1H3,(H,13,16,18). The Kier molecular flexibility index (Phi) is 3.28. The molecule has 0 radical (unpaired) electrons. The summed E-state index contributed by atoms with van der Waals surface area (Å²) in [5, 5.41) is 28.3. The molecule has 0 aromatic carbocycles. The number of hydrogen-bond acceptors (Lipinski definition) is 6. The van der Waals surface area contributed by atoms with E-state index in [1.165, 1.54) is 13.1 Å². The topological polar surface area (TPSA) is 128 Å². The van der Waals surface area contributed by atoms with Crippen molar-refractivity contribution >= 4 is 0 Å². The zero-order valence-corrected chi connectivity index (χ0v) is 10.1. The number of aromatic nitrogens is 2. The molecule has 8 heteroatoms. The number of nitrogens with zero attached hydrogens (tertiary/aromatic N) is 2. The molecule has 1 saturated heterocycles. The van der Waals surface area contributed by atoms with E-state index in [-0.39, 0.29) is 0 Å². The van der Waals surface area contributed by atoms with Crippen LogP contribution in [0.1, 0.15) is 13.2 Å². The SMILES string of the molecule is CC1(C#N)C(O)C(CO)OC1n1ccc(=O)[nH]c1=O. The van der Waals surface area contributed by atoms with Crippen LogP contribution in [0.15, 0.2) is 21.9 Å². The maximum atomic E-state index is 11.7. The molecule has 0 amide bonds. The third-order valence-corrected chi connectivity index (χ3v) is 3.31. The summed E-state index contributed by atoms with van der Waals surface area (Å²) in [6.45, 7) is 0.947. The average molecular weight is 267 g/mol. The summed E-state index contributed by atoms with van der Waals surface area (Å²) in [4.78, 5) is 24.8. The first-order valence-corrected chi connectivity index (χ1v) is 5.61. The molecule has 1 aliphatic rings. The van der Waals surface area contributed by atoms with Gasteiger partial charge < -0.3 is 14.9 Å². The van der Waals surface area contributed by atoms with Gasteiger partial charge in [0.15, 0.2) is 6.23 Å². The lowest BCUT2D eigenvalue weighted by Gasteiger charge is -2.25. The smallest absolute Gasteiger partial charge is 0.330 e. The summed E-state index contributed by atoms with van der Waals surface area (Å²) in [5.41, 5.74) is -2.72. The molecule has 4 atom stereocenters. The van der Waals surface area contributed by atoms with E-state index in [0.717, 1.165) is 10.6 Å². The molecule has 2 rings (SSSR count). The van der Waals surface area contributed by atoms with Gasteiger partial charge in [0.05, 0.1) is 12.7 Å². The molecular formula is C11H13N3O5. The van der Waals surface area contributed by atoms with E-state index in [9.17, 15) is 20.0 Å². The first kappa shape index (κ1) is 13.5. The van der Waals surface area contributed by atoms with Crippen molar-refractivity contribution < 1.29 is 14.9 Å². The Morgan fingerprint density at radius 1 is 1.63 bits per heavy atom. The van der Waals surface area contributed by atoms with Gasteiger partial charge in [-0.2, -0.15) is 5.26 Å². The van der Waals surface area contributed by atoms with Gasteiger partial charge in [0, 0.05) is 12.3 Å². The third-order valence-electron chi connectivity index (χ3n) is 3.31. The number of rotatable bonds is 2. The Balaban J connectivity index is 2.52. The lowest BCUT2D eigenvalue weighted by molar-refractivity contribution is -0.0503. The molecule has 0 spiro atoms.